The lowest BCUT2D eigenvalue weighted by molar-refractivity contribution is -0.687. The van der Waals surface area contributed by atoms with Crippen molar-refractivity contribution in [2.75, 3.05) is 0 Å². The molecule has 0 N–H and O–H groups in total. The van der Waals surface area contributed by atoms with Crippen molar-refractivity contribution in [2.24, 2.45) is 5.41 Å². The molecule has 3 aromatic carbocycles. The Morgan fingerprint density at radius 1 is 0.676 bits per heavy atom. The molecular weight excluding hydrogens is 431 g/mol. The van der Waals surface area contributed by atoms with Gasteiger partial charge in [0.15, 0.2) is 6.54 Å². The molecule has 0 amide bonds. The molecule has 4 aromatic rings. The molecule has 1 aliphatic carbocycles. The van der Waals surface area contributed by atoms with Crippen LogP contribution in [-0.2, 0) is 19.4 Å². The highest BCUT2D eigenvalue weighted by atomic mass is 19.0. The van der Waals surface area contributed by atoms with Gasteiger partial charge in [0.05, 0.1) is 0 Å². The molecule has 1 aliphatic rings. The molecule has 1 heterocycles. The van der Waals surface area contributed by atoms with Gasteiger partial charge in [0.1, 0.15) is 0 Å². The van der Waals surface area contributed by atoms with Gasteiger partial charge in [0, 0.05) is 28.2 Å². The highest BCUT2D eigenvalue weighted by Gasteiger charge is 2.33. The summed E-state index contributed by atoms with van der Waals surface area (Å²) in [5.41, 5.74) is 11.1. The Morgan fingerprint density at radius 3 is 1.85 bits per heavy atom. The van der Waals surface area contributed by atoms with Gasteiger partial charge in [-0.05, 0) is 47.7 Å². The lowest BCUT2D eigenvalue weighted by atomic mass is 9.83. The van der Waals surface area contributed by atoms with E-state index < -0.39 is 0 Å². The van der Waals surface area contributed by atoms with Gasteiger partial charge in [-0.15, -0.1) is 0 Å². The third kappa shape index (κ3) is 5.06. The summed E-state index contributed by atoms with van der Waals surface area (Å²) in [6, 6.07) is 33.2. The standard InChI is InChI=1S/C30H30N.3FH/c1-30(2,3)21-31-28(24-15-8-5-9-16-24)20-27(22-12-6-4-7-13-22)26-19-18-23-14-10-11-17-25(23)29(26)31;;;/h4-17,20H,18-19,21H2,1-3H3;3*1H/q+1;;;/p-1. The van der Waals surface area contributed by atoms with Crippen LogP contribution in [0.1, 0.15) is 31.9 Å². The minimum atomic E-state index is 0. The highest BCUT2D eigenvalue weighted by molar-refractivity contribution is 5.80. The number of rotatable bonds is 3. The predicted molar refractivity (Wildman–Crippen MR) is 135 cm³/mol. The number of hydrogen-bond donors (Lipinski definition) is 0. The Hall–Kier alpha value is -3.40. The van der Waals surface area contributed by atoms with Crippen molar-refractivity contribution in [1.29, 1.82) is 0 Å². The maximum atomic E-state index is 2.59. The molecule has 0 bridgehead atoms. The van der Waals surface area contributed by atoms with E-state index in [4.69, 9.17) is 0 Å². The fourth-order valence-corrected chi connectivity index (χ4v) is 4.86. The predicted octanol–water partition coefficient (Wildman–Crippen LogP) is 4.43. The first-order valence-corrected chi connectivity index (χ1v) is 11.3. The molecule has 34 heavy (non-hydrogen) atoms. The van der Waals surface area contributed by atoms with Gasteiger partial charge in [-0.2, -0.15) is 4.57 Å². The Morgan fingerprint density at radius 2 is 1.24 bits per heavy atom. The SMILES string of the molecule is CC(C)(C)C[n+]1c(-c2ccccc2)cc(-c2ccccc2)c2c1-c1ccccc1CC2.F.F.[F-]. The molecule has 4 heteroatoms. The maximum Gasteiger partial charge on any atom is 0.217 e. The molecule has 5 rings (SSSR count). The average molecular weight is 464 g/mol. The van der Waals surface area contributed by atoms with Gasteiger partial charge in [0.2, 0.25) is 11.4 Å². The van der Waals surface area contributed by atoms with Crippen LogP contribution in [0.2, 0.25) is 0 Å². The molecule has 0 saturated carbocycles. The number of hydrogen-bond acceptors (Lipinski definition) is 0. The lowest BCUT2D eigenvalue weighted by Gasteiger charge is -2.25. The highest BCUT2D eigenvalue weighted by Crippen LogP contribution is 2.39. The summed E-state index contributed by atoms with van der Waals surface area (Å²) < 4.78 is 2.59. The van der Waals surface area contributed by atoms with E-state index in [1.807, 2.05) is 0 Å². The van der Waals surface area contributed by atoms with Crippen LogP contribution in [0.3, 0.4) is 0 Å². The summed E-state index contributed by atoms with van der Waals surface area (Å²) in [7, 11) is 0. The van der Waals surface area contributed by atoms with Crippen molar-refractivity contribution >= 4 is 0 Å². The number of aryl methyl sites for hydroxylation is 1. The van der Waals surface area contributed by atoms with E-state index in [9.17, 15) is 0 Å². The first-order valence-electron chi connectivity index (χ1n) is 11.3. The van der Waals surface area contributed by atoms with Crippen LogP contribution >= 0.6 is 0 Å². The first kappa shape index (κ1) is 26.8. The molecule has 0 unspecified atom stereocenters. The third-order valence-electron chi connectivity index (χ3n) is 6.16. The Labute approximate surface area is 200 Å². The lowest BCUT2D eigenvalue weighted by Crippen LogP contribution is -3.00. The second kappa shape index (κ2) is 10.7. The molecule has 0 radical (unpaired) electrons. The van der Waals surface area contributed by atoms with Crippen molar-refractivity contribution in [3.63, 3.8) is 0 Å². The third-order valence-corrected chi connectivity index (χ3v) is 6.16. The molecule has 0 aliphatic heterocycles. The van der Waals surface area contributed by atoms with E-state index in [-0.39, 0.29) is 19.5 Å². The minimum Gasteiger partial charge on any atom is -1.00 e. The van der Waals surface area contributed by atoms with Crippen molar-refractivity contribution in [1.82, 2.24) is 0 Å². The molecule has 0 spiro atoms. The molecule has 178 valence electrons. The molecule has 1 aromatic heterocycles. The number of fused-ring (bicyclic) bond motifs is 3. The second-order valence-electron chi connectivity index (χ2n) is 9.81. The normalized spacial score (nSPS) is 11.7. The summed E-state index contributed by atoms with van der Waals surface area (Å²) in [6.07, 6.45) is 2.18. The van der Waals surface area contributed by atoms with Crippen molar-refractivity contribution in [2.45, 2.75) is 40.2 Å². The van der Waals surface area contributed by atoms with E-state index in [2.05, 4.69) is 116 Å². The summed E-state index contributed by atoms with van der Waals surface area (Å²) in [6.45, 7) is 7.98. The summed E-state index contributed by atoms with van der Waals surface area (Å²) >= 11 is 0. The number of benzene rings is 3. The van der Waals surface area contributed by atoms with Crippen LogP contribution < -0.4 is 9.27 Å². The van der Waals surface area contributed by atoms with E-state index in [1.165, 1.54) is 44.8 Å². The summed E-state index contributed by atoms with van der Waals surface area (Å²) in [5, 5.41) is 0. The smallest absolute Gasteiger partial charge is 0.217 e. The average Bonchev–Trinajstić information content (AvgIpc) is 2.79. The topological polar surface area (TPSA) is 3.88 Å². The van der Waals surface area contributed by atoms with Gasteiger partial charge in [0.25, 0.3) is 0 Å². The zero-order valence-corrected chi connectivity index (χ0v) is 19.9. The van der Waals surface area contributed by atoms with Crippen molar-refractivity contribution < 1.29 is 18.7 Å². The summed E-state index contributed by atoms with van der Waals surface area (Å²) in [5.74, 6) is 0. The van der Waals surface area contributed by atoms with Gasteiger partial charge in [-0.3, -0.25) is 9.41 Å². The van der Waals surface area contributed by atoms with Gasteiger partial charge in [-0.1, -0.05) is 87.5 Å². The van der Waals surface area contributed by atoms with E-state index in [0.717, 1.165) is 19.4 Å². The van der Waals surface area contributed by atoms with E-state index in [0.29, 0.717) is 0 Å². The zero-order chi connectivity index (χ0) is 21.4. The Bertz CT molecular complexity index is 1230. The fraction of sp³-hybridized carbons (Fsp3) is 0.233. The molecule has 1 nitrogen and oxygen atoms in total. The monoisotopic (exact) mass is 463 g/mol. The van der Waals surface area contributed by atoms with Crippen LogP contribution in [0.25, 0.3) is 33.6 Å². The number of pyridine rings is 1. The molecule has 0 saturated heterocycles. The van der Waals surface area contributed by atoms with Crippen molar-refractivity contribution in [3.8, 4) is 33.6 Å². The first-order chi connectivity index (χ1) is 15.0. The molecular formula is C30H32F3N. The van der Waals surface area contributed by atoms with Gasteiger partial charge >= 0.3 is 0 Å². The van der Waals surface area contributed by atoms with Gasteiger partial charge in [-0.25, -0.2) is 0 Å². The zero-order valence-electron chi connectivity index (χ0n) is 19.9. The quantitative estimate of drug-likeness (QED) is 0.396. The maximum absolute atomic E-state index is 2.59. The van der Waals surface area contributed by atoms with Crippen LogP contribution in [0.5, 0.6) is 0 Å². The second-order valence-corrected chi connectivity index (χ2v) is 9.81. The number of aromatic nitrogens is 1. The minimum absolute atomic E-state index is 0. The molecule has 0 atom stereocenters. The number of halogens is 3. The van der Waals surface area contributed by atoms with Crippen LogP contribution in [0.4, 0.5) is 9.41 Å². The van der Waals surface area contributed by atoms with Crippen LogP contribution in [0, 0.1) is 5.41 Å². The van der Waals surface area contributed by atoms with E-state index >= 15 is 0 Å². The van der Waals surface area contributed by atoms with Crippen LogP contribution in [-0.4, -0.2) is 0 Å². The molecule has 0 fully saturated rings. The largest absolute Gasteiger partial charge is 1.00 e. The van der Waals surface area contributed by atoms with E-state index in [1.54, 1.807) is 0 Å². The Kier molecular flexibility index (Phi) is 8.44. The van der Waals surface area contributed by atoms with Gasteiger partial charge < -0.3 is 4.70 Å². The number of nitrogens with zero attached hydrogens (tertiary/aromatic N) is 1. The van der Waals surface area contributed by atoms with Crippen molar-refractivity contribution in [3.05, 3.63) is 102 Å². The Balaban J connectivity index is 0.00000136. The van der Waals surface area contributed by atoms with Crippen LogP contribution in [0.15, 0.2) is 91.0 Å². The fourth-order valence-electron chi connectivity index (χ4n) is 4.86. The summed E-state index contributed by atoms with van der Waals surface area (Å²) in [4.78, 5) is 0.